The zero-order valence-electron chi connectivity index (χ0n) is 8.46. The van der Waals surface area contributed by atoms with Crippen LogP contribution < -0.4 is 5.73 Å². The summed E-state index contributed by atoms with van der Waals surface area (Å²) in [5.41, 5.74) is 5.45. The number of likely N-dealkylation sites (N-methyl/N-ethyl adjacent to an activating group) is 1. The predicted octanol–water partition coefficient (Wildman–Crippen LogP) is 0.690. The molecule has 0 aliphatic carbocycles. The Bertz CT molecular complexity index is 169. The van der Waals surface area contributed by atoms with Gasteiger partial charge in [0, 0.05) is 13.1 Å². The molecule has 1 aliphatic heterocycles. The molecule has 5 heteroatoms. The molecular formula is C9H18F2N2O. The van der Waals surface area contributed by atoms with E-state index < -0.39 is 6.43 Å². The number of nitrogens with two attached hydrogens (primary N) is 1. The van der Waals surface area contributed by atoms with Crippen molar-refractivity contribution in [1.29, 1.82) is 0 Å². The minimum absolute atomic E-state index is 0.0762. The summed E-state index contributed by atoms with van der Waals surface area (Å²) in [6, 6.07) is 0. The molecule has 3 nitrogen and oxygen atoms in total. The summed E-state index contributed by atoms with van der Waals surface area (Å²) in [5, 5.41) is 0. The molecule has 2 atom stereocenters. The summed E-state index contributed by atoms with van der Waals surface area (Å²) in [4.78, 5) is 1.61. The van der Waals surface area contributed by atoms with Crippen LogP contribution in [0.2, 0.25) is 0 Å². The van der Waals surface area contributed by atoms with Crippen molar-refractivity contribution < 1.29 is 13.5 Å². The van der Waals surface area contributed by atoms with Crippen molar-refractivity contribution in [3.05, 3.63) is 0 Å². The minimum atomic E-state index is -2.27. The number of alkyl halides is 2. The van der Waals surface area contributed by atoms with Crippen molar-refractivity contribution in [2.75, 3.05) is 26.7 Å². The van der Waals surface area contributed by atoms with E-state index in [1.54, 1.807) is 11.9 Å². The molecule has 0 aromatic rings. The Morgan fingerprint density at radius 3 is 2.57 bits per heavy atom. The van der Waals surface area contributed by atoms with Gasteiger partial charge in [-0.1, -0.05) is 0 Å². The molecule has 1 saturated heterocycles. The van der Waals surface area contributed by atoms with Gasteiger partial charge in [0.05, 0.1) is 18.8 Å². The van der Waals surface area contributed by atoms with Crippen LogP contribution in [0.25, 0.3) is 0 Å². The molecule has 1 rings (SSSR count). The molecule has 0 spiro atoms. The molecule has 1 fully saturated rings. The summed E-state index contributed by atoms with van der Waals surface area (Å²) in [6.45, 7) is 0.906. The van der Waals surface area contributed by atoms with Crippen molar-refractivity contribution in [1.82, 2.24) is 4.90 Å². The van der Waals surface area contributed by atoms with Gasteiger partial charge in [-0.2, -0.15) is 0 Å². The average Bonchev–Trinajstić information content (AvgIpc) is 2.50. The van der Waals surface area contributed by atoms with Gasteiger partial charge in [0.15, 0.2) is 0 Å². The standard InChI is InChI=1S/C9H18F2N2O/c1-13(6-9(10)11)5-8-3-2-7(4-12)14-8/h7-9H,2-6,12H2,1H3. The Kier molecular flexibility index (Phi) is 4.71. The van der Waals surface area contributed by atoms with Crippen LogP contribution in [0.1, 0.15) is 12.8 Å². The smallest absolute Gasteiger partial charge is 0.251 e. The van der Waals surface area contributed by atoms with E-state index in [0.29, 0.717) is 13.1 Å². The van der Waals surface area contributed by atoms with E-state index in [0.717, 1.165) is 12.8 Å². The number of rotatable bonds is 5. The third kappa shape index (κ3) is 3.86. The fourth-order valence-electron chi connectivity index (χ4n) is 1.75. The minimum Gasteiger partial charge on any atom is -0.372 e. The highest BCUT2D eigenvalue weighted by Crippen LogP contribution is 2.19. The highest BCUT2D eigenvalue weighted by atomic mass is 19.3. The Balaban J connectivity index is 2.18. The first kappa shape index (κ1) is 11.8. The quantitative estimate of drug-likeness (QED) is 0.722. The van der Waals surface area contributed by atoms with E-state index in [2.05, 4.69) is 0 Å². The highest BCUT2D eigenvalue weighted by molar-refractivity contribution is 4.76. The van der Waals surface area contributed by atoms with Crippen LogP contribution in [0.15, 0.2) is 0 Å². The first-order valence-electron chi connectivity index (χ1n) is 4.94. The van der Waals surface area contributed by atoms with Crippen molar-refractivity contribution in [2.24, 2.45) is 5.73 Å². The fourth-order valence-corrected chi connectivity index (χ4v) is 1.75. The highest BCUT2D eigenvalue weighted by Gasteiger charge is 2.25. The van der Waals surface area contributed by atoms with Crippen LogP contribution in [0.3, 0.4) is 0 Å². The first-order valence-corrected chi connectivity index (χ1v) is 4.94. The second-order valence-corrected chi connectivity index (χ2v) is 3.81. The van der Waals surface area contributed by atoms with E-state index in [1.165, 1.54) is 0 Å². The lowest BCUT2D eigenvalue weighted by Crippen LogP contribution is -2.33. The van der Waals surface area contributed by atoms with Crippen LogP contribution in [0.5, 0.6) is 0 Å². The topological polar surface area (TPSA) is 38.5 Å². The molecule has 2 N–H and O–H groups in total. The molecule has 14 heavy (non-hydrogen) atoms. The maximum absolute atomic E-state index is 12.0. The molecular weight excluding hydrogens is 190 g/mol. The molecule has 0 saturated carbocycles. The Morgan fingerprint density at radius 1 is 1.43 bits per heavy atom. The van der Waals surface area contributed by atoms with Crippen molar-refractivity contribution in [3.63, 3.8) is 0 Å². The van der Waals surface area contributed by atoms with E-state index >= 15 is 0 Å². The molecule has 2 unspecified atom stereocenters. The molecule has 84 valence electrons. The largest absolute Gasteiger partial charge is 0.372 e. The van der Waals surface area contributed by atoms with Gasteiger partial charge in [0.2, 0.25) is 0 Å². The van der Waals surface area contributed by atoms with Crippen molar-refractivity contribution >= 4 is 0 Å². The van der Waals surface area contributed by atoms with Crippen LogP contribution in [0.4, 0.5) is 8.78 Å². The normalized spacial score (nSPS) is 27.9. The SMILES string of the molecule is CN(CC(F)F)CC1CCC(CN)O1. The molecule has 0 aromatic carbocycles. The zero-order chi connectivity index (χ0) is 10.6. The fraction of sp³-hybridized carbons (Fsp3) is 1.00. The lowest BCUT2D eigenvalue weighted by Gasteiger charge is -2.20. The third-order valence-corrected chi connectivity index (χ3v) is 2.42. The lowest BCUT2D eigenvalue weighted by atomic mass is 10.2. The summed E-state index contributed by atoms with van der Waals surface area (Å²) < 4.78 is 29.6. The molecule has 0 amide bonds. The Morgan fingerprint density at radius 2 is 2.07 bits per heavy atom. The lowest BCUT2D eigenvalue weighted by molar-refractivity contribution is 0.0188. The molecule has 1 aliphatic rings. The third-order valence-electron chi connectivity index (χ3n) is 2.42. The molecule has 0 bridgehead atoms. The zero-order valence-corrected chi connectivity index (χ0v) is 8.46. The summed E-state index contributed by atoms with van der Waals surface area (Å²) in [6.07, 6.45) is -0.196. The first-order chi connectivity index (χ1) is 6.61. The average molecular weight is 208 g/mol. The number of nitrogens with zero attached hydrogens (tertiary/aromatic N) is 1. The molecule has 1 heterocycles. The van der Waals surface area contributed by atoms with Gasteiger partial charge >= 0.3 is 0 Å². The maximum atomic E-state index is 12.0. The van der Waals surface area contributed by atoms with Gasteiger partial charge in [0.1, 0.15) is 0 Å². The van der Waals surface area contributed by atoms with Gasteiger partial charge in [-0.3, -0.25) is 4.90 Å². The van der Waals surface area contributed by atoms with Crippen molar-refractivity contribution in [2.45, 2.75) is 31.5 Å². The second-order valence-electron chi connectivity index (χ2n) is 3.81. The van der Waals surface area contributed by atoms with E-state index in [9.17, 15) is 8.78 Å². The summed E-state index contributed by atoms with van der Waals surface area (Å²) >= 11 is 0. The molecule has 0 radical (unpaired) electrons. The second kappa shape index (κ2) is 5.58. The number of hydrogen-bond acceptors (Lipinski definition) is 3. The number of ether oxygens (including phenoxy) is 1. The number of halogens is 2. The van der Waals surface area contributed by atoms with Crippen molar-refractivity contribution in [3.8, 4) is 0 Å². The van der Waals surface area contributed by atoms with Gasteiger partial charge < -0.3 is 10.5 Å². The number of hydrogen-bond donors (Lipinski definition) is 1. The van der Waals surface area contributed by atoms with Gasteiger partial charge in [-0.25, -0.2) is 8.78 Å². The van der Waals surface area contributed by atoms with E-state index in [4.69, 9.17) is 10.5 Å². The van der Waals surface area contributed by atoms with E-state index in [1.807, 2.05) is 0 Å². The van der Waals surface area contributed by atoms with Crippen LogP contribution in [-0.2, 0) is 4.74 Å². The summed E-state index contributed by atoms with van der Waals surface area (Å²) in [7, 11) is 1.69. The Hall–Kier alpha value is -0.260. The molecule has 0 aromatic heterocycles. The van der Waals surface area contributed by atoms with Gasteiger partial charge in [0.25, 0.3) is 6.43 Å². The van der Waals surface area contributed by atoms with E-state index in [-0.39, 0.29) is 18.8 Å². The van der Waals surface area contributed by atoms with Crippen LogP contribution in [0, 0.1) is 0 Å². The van der Waals surface area contributed by atoms with Crippen LogP contribution in [-0.4, -0.2) is 50.2 Å². The van der Waals surface area contributed by atoms with Crippen LogP contribution >= 0.6 is 0 Å². The van der Waals surface area contributed by atoms with Gasteiger partial charge in [-0.15, -0.1) is 0 Å². The summed E-state index contributed by atoms with van der Waals surface area (Å²) in [5.74, 6) is 0. The maximum Gasteiger partial charge on any atom is 0.251 e. The predicted molar refractivity (Wildman–Crippen MR) is 50.5 cm³/mol. The van der Waals surface area contributed by atoms with Gasteiger partial charge in [-0.05, 0) is 19.9 Å². The monoisotopic (exact) mass is 208 g/mol. The Labute approximate surface area is 83.2 Å².